The number of rotatable bonds is 28. The molecule has 0 N–H and O–H groups in total. The summed E-state index contributed by atoms with van der Waals surface area (Å²) in [7, 11) is 6.61. The third-order valence-electron chi connectivity index (χ3n) is 11.1. The first-order chi connectivity index (χ1) is 27.4. The first-order valence-corrected chi connectivity index (χ1v) is 22.1. The maximum Gasteiger partial charge on any atom is 0.104 e. The van der Waals surface area contributed by atoms with E-state index >= 15 is 0 Å². The Morgan fingerprint density at radius 2 is 1.28 bits per heavy atom. The molecule has 2 aromatic rings. The zero-order valence-corrected chi connectivity index (χ0v) is 38.2. The van der Waals surface area contributed by atoms with Gasteiger partial charge in [0, 0.05) is 87.8 Å². The second-order valence-electron chi connectivity index (χ2n) is 15.9. The number of hydrogen-bond acceptors (Lipinski definition) is 13. The molecule has 4 rings (SSSR count). The molecule has 2 aliphatic heterocycles. The molecule has 2 heterocycles. The number of benzene rings is 2. The summed E-state index contributed by atoms with van der Waals surface area (Å²) in [5.41, 5.74) is 1.73. The fourth-order valence-electron chi connectivity index (χ4n) is 6.84. The molecule has 57 heavy (non-hydrogen) atoms. The normalized spacial score (nSPS) is 18.5. The lowest BCUT2D eigenvalue weighted by molar-refractivity contribution is -0.120. The van der Waals surface area contributed by atoms with E-state index in [1.54, 1.807) is 28.4 Å². The van der Waals surface area contributed by atoms with Gasteiger partial charge in [-0.05, 0) is 76.9 Å². The predicted molar refractivity (Wildman–Crippen MR) is 234 cm³/mol. The highest BCUT2D eigenvalue weighted by Gasteiger charge is 2.33. The molecule has 14 heteroatoms. The van der Waals surface area contributed by atoms with E-state index in [9.17, 15) is 0 Å². The monoisotopic (exact) mass is 855 g/mol. The van der Waals surface area contributed by atoms with Gasteiger partial charge in [-0.1, -0.05) is 42.4 Å². The molecule has 2 aromatic carbocycles. The average molecular weight is 857 g/mol. The number of ether oxygens (including phenoxy) is 8. The number of methoxy groups -OCH3 is 4. The second kappa shape index (κ2) is 24.9. The van der Waals surface area contributed by atoms with Crippen LogP contribution in [0.4, 0.5) is 11.4 Å². The Labute approximate surface area is 358 Å². The molecule has 0 radical (unpaired) electrons. The zero-order valence-electron chi connectivity index (χ0n) is 35.7. The molecular weight excluding hydrogens is 786 g/mol. The van der Waals surface area contributed by atoms with Crippen molar-refractivity contribution >= 4 is 47.4 Å². The summed E-state index contributed by atoms with van der Waals surface area (Å²) in [5.74, 6) is 0. The van der Waals surface area contributed by atoms with E-state index in [1.165, 1.54) is 21.2 Å². The zero-order chi connectivity index (χ0) is 41.3. The van der Waals surface area contributed by atoms with Crippen LogP contribution in [0.5, 0.6) is 0 Å². The lowest BCUT2D eigenvalue weighted by Crippen LogP contribution is -2.49. The van der Waals surface area contributed by atoms with Crippen molar-refractivity contribution in [1.29, 1.82) is 0 Å². The lowest BCUT2D eigenvalue weighted by atomic mass is 9.97. The third-order valence-corrected chi connectivity index (χ3v) is 13.0. The summed E-state index contributed by atoms with van der Waals surface area (Å²) in [6.07, 6.45) is 2.22. The van der Waals surface area contributed by atoms with Gasteiger partial charge in [-0.25, -0.2) is 0 Å². The highest BCUT2D eigenvalue weighted by Crippen LogP contribution is 2.48. The number of fused-ring (bicyclic) bond motifs is 2. The first-order valence-electron chi connectivity index (χ1n) is 20.4. The van der Waals surface area contributed by atoms with Gasteiger partial charge >= 0.3 is 0 Å². The van der Waals surface area contributed by atoms with Gasteiger partial charge in [0.15, 0.2) is 0 Å². The van der Waals surface area contributed by atoms with Crippen molar-refractivity contribution in [2.45, 2.75) is 91.5 Å². The topological polar surface area (TPSA) is 83.6 Å². The van der Waals surface area contributed by atoms with Gasteiger partial charge in [0.2, 0.25) is 0 Å². The Bertz CT molecular complexity index is 1440. The summed E-state index contributed by atoms with van der Waals surface area (Å²) >= 11 is 13.1. The van der Waals surface area contributed by atoms with E-state index in [0.717, 1.165) is 70.1 Å². The summed E-state index contributed by atoms with van der Waals surface area (Å²) in [5, 5.41) is 0.867. The van der Waals surface area contributed by atoms with Crippen LogP contribution in [0.3, 0.4) is 0 Å². The Morgan fingerprint density at radius 3 is 1.89 bits per heavy atom. The van der Waals surface area contributed by atoms with E-state index in [1.807, 2.05) is 17.8 Å². The van der Waals surface area contributed by atoms with Gasteiger partial charge in [-0.15, -0.1) is 0 Å². The van der Waals surface area contributed by atoms with Crippen molar-refractivity contribution < 1.29 is 37.9 Å². The van der Waals surface area contributed by atoms with Crippen molar-refractivity contribution in [1.82, 2.24) is 9.80 Å². The van der Waals surface area contributed by atoms with Crippen molar-refractivity contribution in [3.8, 4) is 0 Å². The maximum absolute atomic E-state index is 6.61. The van der Waals surface area contributed by atoms with Crippen LogP contribution >= 0.6 is 36.0 Å². The summed E-state index contributed by atoms with van der Waals surface area (Å²) < 4.78 is 46.3. The number of halogens is 1. The van der Waals surface area contributed by atoms with Gasteiger partial charge in [0.1, 0.15) is 18.3 Å². The smallest absolute Gasteiger partial charge is 0.104 e. The molecule has 5 atom stereocenters. The van der Waals surface area contributed by atoms with Crippen LogP contribution < -0.4 is 4.90 Å². The predicted octanol–water partition coefficient (Wildman–Crippen LogP) is 7.34. The van der Waals surface area contributed by atoms with E-state index in [-0.39, 0.29) is 29.2 Å². The van der Waals surface area contributed by atoms with Crippen LogP contribution in [0.15, 0.2) is 52.3 Å². The van der Waals surface area contributed by atoms with Crippen molar-refractivity contribution in [2.75, 3.05) is 125 Å². The van der Waals surface area contributed by atoms with Gasteiger partial charge in [0.25, 0.3) is 0 Å². The molecule has 324 valence electrons. The quantitative estimate of drug-likeness (QED) is 0.0871. The van der Waals surface area contributed by atoms with Gasteiger partial charge < -0.3 is 52.6 Å². The number of para-hydroxylation sites is 1. The number of nitrogens with zero attached hydrogens (tertiary/aromatic N) is 3. The fraction of sp³-hybridized carbons (Fsp3) is 0.721. The maximum atomic E-state index is 6.61. The molecule has 0 aliphatic carbocycles. The SMILES string of the molecule is COCC(COCC(COCC(COC(C)(C)CCOC(C)(CCN1CCN(CCCN2c3ccccc3Sc3ccc(Cl)cc32)CC1)C(C)S)OC)OC)OC. The summed E-state index contributed by atoms with van der Waals surface area (Å²) in [4.78, 5) is 10.2. The molecule has 1 fully saturated rings. The Morgan fingerprint density at radius 1 is 0.702 bits per heavy atom. The minimum absolute atomic E-state index is 0.0873. The Balaban J connectivity index is 1.12. The van der Waals surface area contributed by atoms with Crippen molar-refractivity contribution in [3.05, 3.63) is 47.5 Å². The number of thiol groups is 1. The molecule has 0 amide bonds. The van der Waals surface area contributed by atoms with Gasteiger partial charge in [-0.3, -0.25) is 0 Å². The summed E-state index contributed by atoms with van der Waals surface area (Å²) in [6.45, 7) is 18.9. The second-order valence-corrected chi connectivity index (χ2v) is 18.2. The minimum Gasteiger partial charge on any atom is -0.382 e. The molecular formula is C43H70ClN3O8S2. The van der Waals surface area contributed by atoms with Crippen LogP contribution in [0.1, 0.15) is 47.0 Å². The average Bonchev–Trinajstić information content (AvgIpc) is 3.20. The number of hydrogen-bond donors (Lipinski definition) is 1. The third kappa shape index (κ3) is 16.0. The molecule has 0 spiro atoms. The van der Waals surface area contributed by atoms with Crippen molar-refractivity contribution in [3.63, 3.8) is 0 Å². The Hall–Kier alpha value is -1.17. The Kier molecular flexibility index (Phi) is 21.2. The lowest BCUT2D eigenvalue weighted by Gasteiger charge is -2.39. The molecule has 0 bridgehead atoms. The van der Waals surface area contributed by atoms with Gasteiger partial charge in [-0.2, -0.15) is 12.6 Å². The highest BCUT2D eigenvalue weighted by molar-refractivity contribution is 7.99. The molecule has 2 aliphatic rings. The van der Waals surface area contributed by atoms with E-state index < -0.39 is 5.60 Å². The van der Waals surface area contributed by atoms with Crippen LogP contribution in [0, 0.1) is 0 Å². The van der Waals surface area contributed by atoms with E-state index in [0.29, 0.717) is 46.2 Å². The van der Waals surface area contributed by atoms with Crippen LogP contribution in [-0.2, 0) is 37.9 Å². The van der Waals surface area contributed by atoms with Gasteiger partial charge in [0.05, 0.1) is 68.8 Å². The largest absolute Gasteiger partial charge is 0.382 e. The molecule has 1 saturated heterocycles. The first kappa shape index (κ1) is 48.5. The minimum atomic E-state index is -0.399. The van der Waals surface area contributed by atoms with Crippen LogP contribution in [0.25, 0.3) is 0 Å². The van der Waals surface area contributed by atoms with E-state index in [4.69, 9.17) is 62.1 Å². The fourth-order valence-corrected chi connectivity index (χ4v) is 8.28. The number of piperazine rings is 1. The molecule has 11 nitrogen and oxygen atoms in total. The molecule has 0 saturated carbocycles. The molecule has 5 unspecified atom stereocenters. The highest BCUT2D eigenvalue weighted by atomic mass is 35.5. The number of anilines is 2. The van der Waals surface area contributed by atoms with Crippen LogP contribution in [-0.4, -0.2) is 165 Å². The standard InChI is InChI=1S/C43H70ClN3O8S2/c1-33(56)43(4,54-25-17-42(2,3)55-32-37(51-8)31-53-30-36(50-7)29-52-28-35(49-6)27-48-5)16-20-46-23-21-45(22-24-46)18-11-19-47-38-12-9-10-13-40(38)57-41-15-14-34(44)26-39(41)47/h9-10,12-15,26,33,35-37,56H,11,16-25,27-32H2,1-8H3. The van der Waals surface area contributed by atoms with Crippen molar-refractivity contribution in [2.24, 2.45) is 0 Å². The molecule has 0 aromatic heterocycles. The van der Waals surface area contributed by atoms with E-state index in [2.05, 4.69) is 78.8 Å². The van der Waals surface area contributed by atoms with Crippen LogP contribution in [0.2, 0.25) is 5.02 Å². The summed E-state index contributed by atoms with van der Waals surface area (Å²) in [6, 6.07) is 14.9.